The summed E-state index contributed by atoms with van der Waals surface area (Å²) in [5.74, 6) is 0.337. The number of anilines is 1. The lowest BCUT2D eigenvalue weighted by Gasteiger charge is -2.38. The minimum Gasteiger partial charge on any atom is -0.495 e. The van der Waals surface area contributed by atoms with Crippen molar-refractivity contribution in [2.45, 2.75) is 37.9 Å². The van der Waals surface area contributed by atoms with Crippen LogP contribution in [0.2, 0.25) is 0 Å². The summed E-state index contributed by atoms with van der Waals surface area (Å²) in [6, 6.07) is 12.7. The van der Waals surface area contributed by atoms with Crippen LogP contribution in [0.25, 0.3) is 0 Å². The van der Waals surface area contributed by atoms with E-state index in [9.17, 15) is 22.8 Å². The molecule has 1 amide bonds. The highest BCUT2D eigenvalue weighted by atomic mass is 19.4. The van der Waals surface area contributed by atoms with Gasteiger partial charge in [-0.25, -0.2) is 0 Å². The number of hydrogen-bond donors (Lipinski definition) is 1. The summed E-state index contributed by atoms with van der Waals surface area (Å²) in [4.78, 5) is 29.5. The van der Waals surface area contributed by atoms with Crippen LogP contribution in [-0.2, 0) is 11.0 Å². The largest absolute Gasteiger partial charge is 0.495 e. The number of ketones is 1. The number of methoxy groups -OCH3 is 1. The molecule has 194 valence electrons. The Morgan fingerprint density at radius 1 is 1.03 bits per heavy atom. The quantitative estimate of drug-likeness (QED) is 0.579. The molecule has 2 aliphatic heterocycles. The molecule has 2 aromatic carbocycles. The molecule has 0 unspecified atom stereocenters. The van der Waals surface area contributed by atoms with E-state index in [1.165, 1.54) is 12.1 Å². The van der Waals surface area contributed by atoms with E-state index in [0.29, 0.717) is 12.5 Å². The maximum atomic E-state index is 12.9. The highest BCUT2D eigenvalue weighted by Crippen LogP contribution is 2.33. The Morgan fingerprint density at radius 2 is 1.78 bits per heavy atom. The smallest absolute Gasteiger partial charge is 0.416 e. The first-order chi connectivity index (χ1) is 17.2. The third kappa shape index (κ3) is 6.37. The Bertz CT molecular complexity index is 1070. The fourth-order valence-corrected chi connectivity index (χ4v) is 5.24. The van der Waals surface area contributed by atoms with Gasteiger partial charge in [0.05, 0.1) is 24.9 Å². The molecule has 4 rings (SSSR count). The molecule has 0 bridgehead atoms. The van der Waals surface area contributed by atoms with Crippen molar-refractivity contribution in [2.24, 2.45) is 5.92 Å². The van der Waals surface area contributed by atoms with Crippen molar-refractivity contribution >= 4 is 17.4 Å². The number of likely N-dealkylation sites (tertiary alicyclic amines) is 1. The van der Waals surface area contributed by atoms with Gasteiger partial charge < -0.3 is 15.0 Å². The Hall–Kier alpha value is -3.07. The van der Waals surface area contributed by atoms with Crippen molar-refractivity contribution in [3.63, 3.8) is 0 Å². The second-order valence-electron chi connectivity index (χ2n) is 9.54. The monoisotopic (exact) mass is 503 g/mol. The molecule has 6 nitrogen and oxygen atoms in total. The topological polar surface area (TPSA) is 61.9 Å². The Labute approximate surface area is 209 Å². The molecular formula is C27H32F3N3O3. The number of carbonyl (C=O) groups is 2. The third-order valence-corrected chi connectivity index (χ3v) is 7.14. The number of nitrogens with zero attached hydrogens (tertiary/aromatic N) is 2. The molecule has 9 heteroatoms. The number of benzene rings is 2. The van der Waals surface area contributed by atoms with Gasteiger partial charge in [-0.05, 0) is 62.1 Å². The van der Waals surface area contributed by atoms with Crippen LogP contribution in [0.4, 0.5) is 18.9 Å². The van der Waals surface area contributed by atoms with E-state index < -0.39 is 17.6 Å². The number of Topliss-reactive ketones (excluding diaryl/α,β-unsaturated/α-hetero) is 1. The van der Waals surface area contributed by atoms with E-state index in [2.05, 4.69) is 21.2 Å². The van der Waals surface area contributed by atoms with Crippen molar-refractivity contribution < 1.29 is 27.5 Å². The average Bonchev–Trinajstić information content (AvgIpc) is 3.35. The second kappa shape index (κ2) is 11.3. The summed E-state index contributed by atoms with van der Waals surface area (Å²) < 4.78 is 44.1. The van der Waals surface area contributed by atoms with Crippen LogP contribution in [0.3, 0.4) is 0 Å². The van der Waals surface area contributed by atoms with Crippen LogP contribution >= 0.6 is 0 Å². The first kappa shape index (κ1) is 26.0. The maximum Gasteiger partial charge on any atom is 0.416 e. The summed E-state index contributed by atoms with van der Waals surface area (Å²) in [6.45, 7) is 3.53. The van der Waals surface area contributed by atoms with E-state index in [1.54, 1.807) is 7.11 Å². The minimum atomic E-state index is -4.52. The molecule has 2 fully saturated rings. The van der Waals surface area contributed by atoms with Gasteiger partial charge in [0.15, 0.2) is 5.78 Å². The molecule has 0 spiro atoms. The van der Waals surface area contributed by atoms with E-state index >= 15 is 0 Å². The van der Waals surface area contributed by atoms with Gasteiger partial charge in [0.25, 0.3) is 5.91 Å². The lowest BCUT2D eigenvalue weighted by Crippen LogP contribution is -2.44. The van der Waals surface area contributed by atoms with Gasteiger partial charge in [-0.2, -0.15) is 13.2 Å². The van der Waals surface area contributed by atoms with Gasteiger partial charge in [0.1, 0.15) is 5.75 Å². The van der Waals surface area contributed by atoms with Crippen molar-refractivity contribution in [1.29, 1.82) is 0 Å². The Balaban J connectivity index is 1.20. The van der Waals surface area contributed by atoms with Crippen molar-refractivity contribution in [1.82, 2.24) is 10.2 Å². The molecule has 1 atom stereocenters. The fraction of sp³-hybridized carbons (Fsp3) is 0.481. The summed E-state index contributed by atoms with van der Waals surface area (Å²) in [5, 5.41) is 2.47. The number of nitrogens with one attached hydrogen (secondary N) is 1. The van der Waals surface area contributed by atoms with E-state index in [-0.39, 0.29) is 23.8 Å². The van der Waals surface area contributed by atoms with Crippen molar-refractivity contribution in [3.8, 4) is 5.75 Å². The average molecular weight is 504 g/mol. The van der Waals surface area contributed by atoms with Crippen LogP contribution < -0.4 is 15.0 Å². The van der Waals surface area contributed by atoms with E-state index in [4.69, 9.17) is 4.74 Å². The van der Waals surface area contributed by atoms with Gasteiger partial charge in [0.2, 0.25) is 0 Å². The normalized spacial score (nSPS) is 19.3. The Kier molecular flexibility index (Phi) is 8.18. The SMILES string of the molecule is COc1ccccc1N1CCC(N2CC[C@@H](CC(=O)CNC(=O)c3cccc(C(F)(F)F)c3)C2)CC1. The zero-order chi connectivity index (χ0) is 25.7. The number of alkyl halides is 3. The predicted molar refractivity (Wildman–Crippen MR) is 131 cm³/mol. The number of piperidine rings is 1. The predicted octanol–water partition coefficient (Wildman–Crippen LogP) is 4.39. The number of hydrogen-bond acceptors (Lipinski definition) is 5. The molecular weight excluding hydrogens is 471 g/mol. The first-order valence-corrected chi connectivity index (χ1v) is 12.3. The number of amides is 1. The van der Waals surface area contributed by atoms with Gasteiger partial charge >= 0.3 is 6.18 Å². The third-order valence-electron chi connectivity index (χ3n) is 7.14. The number of rotatable bonds is 8. The molecule has 1 N–H and O–H groups in total. The lowest BCUT2D eigenvalue weighted by atomic mass is 10.0. The van der Waals surface area contributed by atoms with Gasteiger partial charge in [-0.3, -0.25) is 14.5 Å². The van der Waals surface area contributed by atoms with Crippen molar-refractivity contribution in [3.05, 3.63) is 59.7 Å². The fourth-order valence-electron chi connectivity index (χ4n) is 5.24. The molecule has 0 aromatic heterocycles. The van der Waals surface area contributed by atoms with Gasteiger partial charge in [0, 0.05) is 37.7 Å². The zero-order valence-electron chi connectivity index (χ0n) is 20.4. The molecule has 36 heavy (non-hydrogen) atoms. The van der Waals surface area contributed by atoms with Crippen LogP contribution in [-0.4, -0.2) is 62.5 Å². The summed E-state index contributed by atoms with van der Waals surface area (Å²) in [5.41, 5.74) is 0.126. The number of para-hydroxylation sites is 2. The number of carbonyl (C=O) groups excluding carboxylic acids is 2. The number of ether oxygens (including phenoxy) is 1. The summed E-state index contributed by atoms with van der Waals surface area (Å²) in [7, 11) is 1.69. The maximum absolute atomic E-state index is 12.9. The highest BCUT2D eigenvalue weighted by molar-refractivity contribution is 5.96. The number of halogens is 3. The molecule has 2 saturated heterocycles. The molecule has 0 aliphatic carbocycles. The second-order valence-corrected chi connectivity index (χ2v) is 9.54. The molecule has 0 saturated carbocycles. The van der Waals surface area contributed by atoms with Crippen molar-refractivity contribution in [2.75, 3.05) is 44.7 Å². The van der Waals surface area contributed by atoms with Gasteiger partial charge in [-0.15, -0.1) is 0 Å². The zero-order valence-corrected chi connectivity index (χ0v) is 20.4. The summed E-state index contributed by atoms with van der Waals surface area (Å²) >= 11 is 0. The Morgan fingerprint density at radius 3 is 2.50 bits per heavy atom. The minimum absolute atomic E-state index is 0.104. The van der Waals surface area contributed by atoms with Crippen LogP contribution in [0.15, 0.2) is 48.5 Å². The van der Waals surface area contributed by atoms with Gasteiger partial charge in [-0.1, -0.05) is 18.2 Å². The van der Waals surface area contributed by atoms with Crippen LogP contribution in [0, 0.1) is 5.92 Å². The molecule has 2 heterocycles. The van der Waals surface area contributed by atoms with E-state index in [1.807, 2.05) is 18.2 Å². The standard InChI is InChI=1S/C27H32F3N3O3/c1-36-25-8-3-2-7-24(25)32-13-10-22(11-14-32)33-12-9-19(18-33)15-23(34)17-31-26(35)20-5-4-6-21(16-20)27(28,29)30/h2-8,16,19,22H,9-15,17-18H2,1H3,(H,31,35)/t19-/m0/s1. The molecule has 0 radical (unpaired) electrons. The first-order valence-electron chi connectivity index (χ1n) is 12.3. The van der Waals surface area contributed by atoms with E-state index in [0.717, 1.165) is 69.0 Å². The van der Waals surface area contributed by atoms with Crippen LogP contribution in [0.5, 0.6) is 5.75 Å². The highest BCUT2D eigenvalue weighted by Gasteiger charge is 2.33. The lowest BCUT2D eigenvalue weighted by molar-refractivity contribution is -0.137. The molecule has 2 aromatic rings. The summed E-state index contributed by atoms with van der Waals surface area (Å²) in [6.07, 6.45) is -1.14. The molecule has 2 aliphatic rings. The van der Waals surface area contributed by atoms with Crippen LogP contribution in [0.1, 0.15) is 41.6 Å².